The molecule has 0 saturated carbocycles. The van der Waals surface area contributed by atoms with Crippen LogP contribution in [0.15, 0.2) is 30.3 Å². The lowest BCUT2D eigenvalue weighted by Gasteiger charge is -2.06. The minimum atomic E-state index is -0.980. The van der Waals surface area contributed by atoms with Crippen LogP contribution in [0.3, 0.4) is 0 Å². The molecule has 23 heavy (non-hydrogen) atoms. The molecule has 2 heterocycles. The second kappa shape index (κ2) is 5.85. The Morgan fingerprint density at radius 2 is 2.09 bits per heavy atom. The van der Waals surface area contributed by atoms with Crippen molar-refractivity contribution in [2.75, 3.05) is 0 Å². The molecule has 0 aliphatic carbocycles. The molecule has 1 aromatic carbocycles. The molecule has 118 valence electrons. The average molecular weight is 329 g/mol. The van der Waals surface area contributed by atoms with Crippen LogP contribution in [0.25, 0.3) is 10.1 Å². The van der Waals surface area contributed by atoms with Gasteiger partial charge in [0.05, 0.1) is 5.69 Å². The van der Waals surface area contributed by atoms with Crippen LogP contribution >= 0.6 is 11.3 Å². The molecule has 0 spiro atoms. The van der Waals surface area contributed by atoms with E-state index in [0.717, 1.165) is 15.8 Å². The fraction of sp³-hybridized carbons (Fsp3) is 0.188. The first-order valence-electron chi connectivity index (χ1n) is 7.00. The van der Waals surface area contributed by atoms with Crippen molar-refractivity contribution in [2.24, 2.45) is 7.05 Å². The van der Waals surface area contributed by atoms with Gasteiger partial charge in [0.15, 0.2) is 0 Å². The highest BCUT2D eigenvalue weighted by molar-refractivity contribution is 7.21. The summed E-state index contributed by atoms with van der Waals surface area (Å²) in [6.45, 7) is 1.97. The molecule has 0 atom stereocenters. The topological polar surface area (TPSA) is 84.2 Å². The van der Waals surface area contributed by atoms with Crippen molar-refractivity contribution in [2.45, 2.75) is 13.5 Å². The molecule has 0 radical (unpaired) electrons. The smallest absolute Gasteiger partial charge is 0.346 e. The van der Waals surface area contributed by atoms with Crippen molar-refractivity contribution in [3.05, 3.63) is 52.2 Å². The van der Waals surface area contributed by atoms with E-state index in [1.165, 1.54) is 16.0 Å². The number of benzene rings is 1. The maximum atomic E-state index is 12.3. The van der Waals surface area contributed by atoms with E-state index in [1.807, 2.05) is 31.2 Å². The van der Waals surface area contributed by atoms with Crippen molar-refractivity contribution in [1.82, 2.24) is 15.1 Å². The van der Waals surface area contributed by atoms with Gasteiger partial charge in [0.1, 0.15) is 10.6 Å². The Bertz CT molecular complexity index is 911. The highest BCUT2D eigenvalue weighted by Gasteiger charge is 2.19. The second-order valence-corrected chi connectivity index (χ2v) is 6.24. The van der Waals surface area contributed by atoms with E-state index >= 15 is 0 Å². The van der Waals surface area contributed by atoms with E-state index in [-0.39, 0.29) is 17.3 Å². The summed E-state index contributed by atoms with van der Waals surface area (Å²) in [7, 11) is 1.70. The Morgan fingerprint density at radius 3 is 2.74 bits per heavy atom. The lowest BCUT2D eigenvalue weighted by atomic mass is 10.1. The Hall–Kier alpha value is -2.67. The molecule has 0 bridgehead atoms. The largest absolute Gasteiger partial charge is 0.477 e. The minimum Gasteiger partial charge on any atom is -0.477 e. The maximum absolute atomic E-state index is 12.3. The van der Waals surface area contributed by atoms with Crippen molar-refractivity contribution >= 4 is 33.3 Å². The Labute approximate surface area is 136 Å². The number of aromatic carboxylic acids is 1. The molecule has 0 unspecified atom stereocenters. The lowest BCUT2D eigenvalue weighted by molar-refractivity contribution is 0.0700. The predicted octanol–water partition coefficient (Wildman–Crippen LogP) is 2.57. The van der Waals surface area contributed by atoms with Crippen LogP contribution in [-0.2, 0) is 13.6 Å². The minimum absolute atomic E-state index is 0.161. The van der Waals surface area contributed by atoms with Crippen LogP contribution < -0.4 is 5.32 Å². The van der Waals surface area contributed by atoms with Crippen LogP contribution in [0.5, 0.6) is 0 Å². The first kappa shape index (κ1) is 15.2. The normalized spacial score (nSPS) is 10.9. The molecule has 1 amide bonds. The summed E-state index contributed by atoms with van der Waals surface area (Å²) in [5.41, 5.74) is 1.83. The number of rotatable bonds is 4. The van der Waals surface area contributed by atoms with Crippen LogP contribution in [0.1, 0.15) is 31.4 Å². The van der Waals surface area contributed by atoms with Crippen molar-refractivity contribution in [3.63, 3.8) is 0 Å². The highest BCUT2D eigenvalue weighted by Crippen LogP contribution is 2.31. The van der Waals surface area contributed by atoms with Crippen LogP contribution in [-0.4, -0.2) is 26.8 Å². The third-order valence-corrected chi connectivity index (χ3v) is 4.75. The number of carboxylic acid groups (broad SMARTS) is 1. The Morgan fingerprint density at radius 1 is 1.35 bits per heavy atom. The molecule has 2 N–H and O–H groups in total. The number of carboxylic acids is 1. The predicted molar refractivity (Wildman–Crippen MR) is 87.9 cm³/mol. The summed E-state index contributed by atoms with van der Waals surface area (Å²) in [6, 6.07) is 9.16. The van der Waals surface area contributed by atoms with Crippen molar-refractivity contribution in [3.8, 4) is 0 Å². The average Bonchev–Trinajstić information content (AvgIpc) is 3.05. The molecule has 3 aromatic rings. The van der Waals surface area contributed by atoms with E-state index in [0.29, 0.717) is 11.3 Å². The summed E-state index contributed by atoms with van der Waals surface area (Å²) in [4.78, 5) is 24.0. The summed E-state index contributed by atoms with van der Waals surface area (Å²) in [6.07, 6.45) is 0. The van der Waals surface area contributed by atoms with Gasteiger partial charge >= 0.3 is 5.97 Å². The van der Waals surface area contributed by atoms with Gasteiger partial charge in [0.25, 0.3) is 5.91 Å². The van der Waals surface area contributed by atoms with Crippen LogP contribution in [0.4, 0.5) is 0 Å². The number of thiophene rings is 1. The zero-order valence-corrected chi connectivity index (χ0v) is 13.5. The number of carbonyl (C=O) groups excluding carboxylic acids is 1. The second-order valence-electron chi connectivity index (χ2n) is 5.19. The van der Waals surface area contributed by atoms with E-state index < -0.39 is 5.97 Å². The molecular formula is C16H15N3O3S. The van der Waals surface area contributed by atoms with E-state index in [4.69, 9.17) is 0 Å². The van der Waals surface area contributed by atoms with E-state index in [2.05, 4.69) is 10.4 Å². The first-order chi connectivity index (χ1) is 11.0. The molecular weight excluding hydrogens is 314 g/mol. The monoisotopic (exact) mass is 329 g/mol. The molecule has 0 aliphatic heterocycles. The fourth-order valence-electron chi connectivity index (χ4n) is 2.53. The van der Waals surface area contributed by atoms with Gasteiger partial charge in [-0.05, 0) is 24.4 Å². The molecule has 7 heteroatoms. The van der Waals surface area contributed by atoms with Gasteiger partial charge in [-0.3, -0.25) is 9.48 Å². The summed E-state index contributed by atoms with van der Waals surface area (Å²) >= 11 is 1.22. The van der Waals surface area contributed by atoms with E-state index in [9.17, 15) is 14.7 Å². The summed E-state index contributed by atoms with van der Waals surface area (Å²) in [5.74, 6) is -1.26. The zero-order valence-electron chi connectivity index (χ0n) is 12.7. The van der Waals surface area contributed by atoms with Gasteiger partial charge in [-0.25, -0.2) is 4.79 Å². The number of amides is 1. The van der Waals surface area contributed by atoms with Gasteiger partial charge < -0.3 is 10.4 Å². The number of hydrogen-bond donors (Lipinski definition) is 2. The highest BCUT2D eigenvalue weighted by atomic mass is 32.1. The van der Waals surface area contributed by atoms with Crippen molar-refractivity contribution < 1.29 is 14.7 Å². The van der Waals surface area contributed by atoms with Crippen molar-refractivity contribution in [1.29, 1.82) is 0 Å². The molecule has 0 fully saturated rings. The number of fused-ring (bicyclic) bond motifs is 1. The zero-order chi connectivity index (χ0) is 16.6. The fourth-order valence-corrected chi connectivity index (χ4v) is 3.59. The molecule has 6 nitrogen and oxygen atoms in total. The summed E-state index contributed by atoms with van der Waals surface area (Å²) < 4.78 is 2.40. The molecule has 2 aromatic heterocycles. The third kappa shape index (κ3) is 2.83. The number of nitrogens with zero attached hydrogens (tertiary/aromatic N) is 2. The number of aromatic nitrogens is 2. The SMILES string of the molecule is Cc1cc(C(=O)NCc2c(C(=O)O)sc3ccccc23)n(C)n1. The first-order valence-corrected chi connectivity index (χ1v) is 7.81. The number of carbonyl (C=O) groups is 2. The lowest BCUT2D eigenvalue weighted by Crippen LogP contribution is -2.25. The summed E-state index contributed by atoms with van der Waals surface area (Å²) in [5, 5.41) is 17.2. The van der Waals surface area contributed by atoms with Gasteiger partial charge in [0.2, 0.25) is 0 Å². The number of aryl methyl sites for hydroxylation is 2. The Kier molecular flexibility index (Phi) is 3.87. The molecule has 0 saturated heterocycles. The van der Waals surface area contributed by atoms with Crippen LogP contribution in [0, 0.1) is 6.92 Å². The number of hydrogen-bond acceptors (Lipinski definition) is 4. The number of nitrogens with one attached hydrogen (secondary N) is 1. The van der Waals surface area contributed by atoms with Gasteiger partial charge in [0, 0.05) is 23.9 Å². The third-order valence-electron chi connectivity index (χ3n) is 3.55. The van der Waals surface area contributed by atoms with Gasteiger partial charge in [-0.2, -0.15) is 5.10 Å². The van der Waals surface area contributed by atoms with Gasteiger partial charge in [-0.1, -0.05) is 18.2 Å². The maximum Gasteiger partial charge on any atom is 0.346 e. The standard InChI is InChI=1S/C16H15N3O3S/c1-9-7-12(19(2)18-9)15(20)17-8-11-10-5-3-4-6-13(10)23-14(11)16(21)22/h3-7H,8H2,1-2H3,(H,17,20)(H,21,22). The molecule has 3 rings (SSSR count). The quantitative estimate of drug-likeness (QED) is 0.770. The van der Waals surface area contributed by atoms with E-state index in [1.54, 1.807) is 13.1 Å². The van der Waals surface area contributed by atoms with Crippen LogP contribution in [0.2, 0.25) is 0 Å². The van der Waals surface area contributed by atoms with Gasteiger partial charge in [-0.15, -0.1) is 11.3 Å². The Balaban J connectivity index is 1.89. The molecule has 0 aliphatic rings.